The Morgan fingerprint density at radius 1 is 1.29 bits per heavy atom. The summed E-state index contributed by atoms with van der Waals surface area (Å²) in [5.74, 6) is 0.303. The highest BCUT2D eigenvalue weighted by atomic mass is 19.4. The number of aliphatic imine (C=N–C) groups is 1. The molecule has 12 heteroatoms. The second-order valence-electron chi connectivity index (χ2n) is 8.13. The summed E-state index contributed by atoms with van der Waals surface area (Å²) >= 11 is 0. The normalized spacial score (nSPS) is 28.9. The number of nitrogens with zero attached hydrogens (tertiary/aromatic N) is 3. The van der Waals surface area contributed by atoms with Crippen LogP contribution in [0, 0.1) is 0 Å². The molecule has 0 saturated heterocycles. The number of amidine groups is 1. The Labute approximate surface area is 178 Å². The number of carbonyl (C=O) groups is 1. The van der Waals surface area contributed by atoms with E-state index in [1.54, 1.807) is 17.3 Å². The van der Waals surface area contributed by atoms with Gasteiger partial charge in [0.1, 0.15) is 5.84 Å². The van der Waals surface area contributed by atoms with Gasteiger partial charge in [-0.25, -0.2) is 15.8 Å². The third kappa shape index (κ3) is 4.70. The highest BCUT2D eigenvalue weighted by Crippen LogP contribution is 2.28. The molecule has 0 aromatic rings. The van der Waals surface area contributed by atoms with Crippen LogP contribution in [0.1, 0.15) is 32.1 Å². The number of alkyl halides is 3. The molecule has 9 nitrogen and oxygen atoms in total. The molecule has 1 amide bonds. The molecule has 0 radical (unpaired) electrons. The highest BCUT2D eigenvalue weighted by Gasteiger charge is 2.46. The highest BCUT2D eigenvalue weighted by molar-refractivity contribution is 5.99. The van der Waals surface area contributed by atoms with Crippen molar-refractivity contribution in [1.29, 1.82) is 0 Å². The Hall–Kier alpha value is -2.57. The van der Waals surface area contributed by atoms with Gasteiger partial charge in [0.25, 0.3) is 5.91 Å². The Morgan fingerprint density at radius 2 is 2.06 bits per heavy atom. The van der Waals surface area contributed by atoms with Crippen molar-refractivity contribution in [3.8, 4) is 0 Å². The lowest BCUT2D eigenvalue weighted by molar-refractivity contribution is -0.152. The van der Waals surface area contributed by atoms with Crippen LogP contribution >= 0.6 is 0 Å². The number of carbonyl (C=O) groups excluding carboxylic acids is 1. The first-order valence-corrected chi connectivity index (χ1v) is 10.4. The number of hydrogen-bond donors (Lipinski definition) is 5. The van der Waals surface area contributed by atoms with Crippen LogP contribution in [0.2, 0.25) is 0 Å². The number of halogens is 3. The van der Waals surface area contributed by atoms with Crippen LogP contribution < -0.4 is 27.2 Å². The van der Waals surface area contributed by atoms with E-state index in [0.29, 0.717) is 11.7 Å². The fraction of sp³-hybridized carbons (Fsp3) is 0.579. The Morgan fingerprint density at radius 3 is 2.84 bits per heavy atom. The summed E-state index contributed by atoms with van der Waals surface area (Å²) in [7, 11) is 1.44. The molecule has 4 rings (SSSR count). The van der Waals surface area contributed by atoms with E-state index >= 15 is 0 Å². The molecule has 31 heavy (non-hydrogen) atoms. The van der Waals surface area contributed by atoms with Crippen LogP contribution in [0.25, 0.3) is 0 Å². The first-order chi connectivity index (χ1) is 14.7. The van der Waals surface area contributed by atoms with Gasteiger partial charge in [0.2, 0.25) is 0 Å². The second-order valence-corrected chi connectivity index (χ2v) is 8.13. The third-order valence-electron chi connectivity index (χ3n) is 5.77. The van der Waals surface area contributed by atoms with Crippen molar-refractivity contribution >= 4 is 11.7 Å². The SMILES string of the molecule is CN1C=C(NC(=O)C2=C3N=C(N[C@H]4CCCCC[C@H]4N)C=CN3NC2)C(C(F)(F)F)N1. The lowest BCUT2D eigenvalue weighted by Crippen LogP contribution is -2.47. The summed E-state index contributed by atoms with van der Waals surface area (Å²) < 4.78 is 39.8. The lowest BCUT2D eigenvalue weighted by Gasteiger charge is -2.26. The molecule has 4 aliphatic rings. The van der Waals surface area contributed by atoms with Gasteiger partial charge in [-0.15, -0.1) is 0 Å². The van der Waals surface area contributed by atoms with Crippen LogP contribution in [0.15, 0.2) is 40.6 Å². The molecule has 1 unspecified atom stereocenters. The van der Waals surface area contributed by atoms with E-state index in [2.05, 4.69) is 26.5 Å². The molecule has 170 valence electrons. The monoisotopic (exact) mass is 440 g/mol. The van der Waals surface area contributed by atoms with E-state index in [1.807, 2.05) is 0 Å². The Bertz CT molecular complexity index is 850. The van der Waals surface area contributed by atoms with Gasteiger partial charge in [-0.1, -0.05) is 19.3 Å². The van der Waals surface area contributed by atoms with E-state index in [0.717, 1.165) is 32.1 Å². The van der Waals surface area contributed by atoms with Gasteiger partial charge in [-0.3, -0.25) is 9.80 Å². The number of hydrazine groups is 2. The maximum Gasteiger partial charge on any atom is 0.411 e. The van der Waals surface area contributed by atoms with Gasteiger partial charge in [0.05, 0.1) is 11.3 Å². The quantitative estimate of drug-likeness (QED) is 0.408. The first kappa shape index (κ1) is 21.7. The van der Waals surface area contributed by atoms with Crippen LogP contribution in [0.3, 0.4) is 0 Å². The maximum atomic E-state index is 13.3. The van der Waals surface area contributed by atoms with Gasteiger partial charge < -0.3 is 21.4 Å². The molecule has 1 saturated carbocycles. The smallest absolute Gasteiger partial charge is 0.366 e. The predicted octanol–water partition coefficient (Wildman–Crippen LogP) is 0.532. The molecule has 3 heterocycles. The summed E-state index contributed by atoms with van der Waals surface area (Å²) in [6.45, 7) is 0.151. The predicted molar refractivity (Wildman–Crippen MR) is 108 cm³/mol. The van der Waals surface area contributed by atoms with Gasteiger partial charge in [0, 0.05) is 38.1 Å². The molecule has 0 bridgehead atoms. The molecular formula is C19H27F3N8O. The maximum absolute atomic E-state index is 13.3. The fourth-order valence-corrected chi connectivity index (χ4v) is 4.13. The van der Waals surface area contributed by atoms with Crippen LogP contribution in [-0.4, -0.2) is 59.7 Å². The topological polar surface area (TPSA) is 110 Å². The van der Waals surface area contributed by atoms with E-state index < -0.39 is 18.1 Å². The molecular weight excluding hydrogens is 413 g/mol. The average molecular weight is 440 g/mol. The minimum atomic E-state index is -4.54. The number of fused-ring (bicyclic) bond motifs is 1. The minimum Gasteiger partial charge on any atom is -0.366 e. The second kappa shape index (κ2) is 8.52. The first-order valence-electron chi connectivity index (χ1n) is 10.4. The number of rotatable bonds is 3. The zero-order valence-corrected chi connectivity index (χ0v) is 17.2. The minimum absolute atomic E-state index is 0.0215. The Kier molecular flexibility index (Phi) is 5.95. The zero-order chi connectivity index (χ0) is 22.2. The molecule has 3 atom stereocenters. The number of nitrogens with one attached hydrogen (secondary N) is 4. The van der Waals surface area contributed by atoms with Crippen molar-refractivity contribution in [3.63, 3.8) is 0 Å². The Balaban J connectivity index is 1.50. The number of nitrogens with two attached hydrogens (primary N) is 1. The van der Waals surface area contributed by atoms with Crippen LogP contribution in [0.4, 0.5) is 13.2 Å². The summed E-state index contributed by atoms with van der Waals surface area (Å²) in [6.07, 6.45) is 5.42. The van der Waals surface area contributed by atoms with E-state index in [1.165, 1.54) is 18.3 Å². The summed E-state index contributed by atoms with van der Waals surface area (Å²) in [5.41, 5.74) is 11.5. The van der Waals surface area contributed by atoms with Gasteiger partial charge in [-0.05, 0) is 18.9 Å². The summed E-state index contributed by atoms with van der Waals surface area (Å²) in [5, 5.41) is 8.51. The molecule has 0 aromatic carbocycles. The van der Waals surface area contributed by atoms with Crippen molar-refractivity contribution in [3.05, 3.63) is 35.6 Å². The molecule has 1 aliphatic carbocycles. The average Bonchev–Trinajstić information content (AvgIpc) is 3.23. The van der Waals surface area contributed by atoms with Crippen LogP contribution in [0.5, 0.6) is 0 Å². The standard InChI is InChI=1S/C19H27F3N8O/c1-29-10-14(16(28-29)19(20,21)22)26-18(31)11-9-24-30-8-7-15(27-17(11)30)25-13-6-4-2-3-5-12(13)23/h7-8,10,12-13,16,24,28H,2-6,9,23H2,1H3,(H,25,27)(H,26,31)/t12-,13+,16?/m1/s1. The summed E-state index contributed by atoms with van der Waals surface area (Å²) in [6, 6.07) is -1.86. The molecule has 0 aromatic heterocycles. The van der Waals surface area contributed by atoms with E-state index in [9.17, 15) is 18.0 Å². The van der Waals surface area contributed by atoms with Crippen molar-refractivity contribution in [2.24, 2.45) is 10.7 Å². The number of amides is 1. The fourth-order valence-electron chi connectivity index (χ4n) is 4.13. The van der Waals surface area contributed by atoms with Gasteiger partial charge >= 0.3 is 6.18 Å². The van der Waals surface area contributed by atoms with E-state index in [4.69, 9.17) is 5.73 Å². The van der Waals surface area contributed by atoms with Gasteiger partial charge in [-0.2, -0.15) is 13.2 Å². The van der Waals surface area contributed by atoms with Crippen molar-refractivity contribution in [1.82, 2.24) is 31.5 Å². The third-order valence-corrected chi connectivity index (χ3v) is 5.77. The summed E-state index contributed by atoms with van der Waals surface area (Å²) in [4.78, 5) is 17.3. The van der Waals surface area contributed by atoms with Crippen molar-refractivity contribution in [2.75, 3.05) is 13.6 Å². The molecule has 1 fully saturated rings. The van der Waals surface area contributed by atoms with Crippen molar-refractivity contribution in [2.45, 2.75) is 56.4 Å². The molecule has 6 N–H and O–H groups in total. The van der Waals surface area contributed by atoms with E-state index in [-0.39, 0.29) is 29.9 Å². The zero-order valence-electron chi connectivity index (χ0n) is 17.2. The largest absolute Gasteiger partial charge is 0.411 e. The van der Waals surface area contributed by atoms with Gasteiger partial charge in [0.15, 0.2) is 11.9 Å². The molecule has 0 spiro atoms. The number of hydrogen-bond acceptors (Lipinski definition) is 8. The van der Waals surface area contributed by atoms with Crippen LogP contribution in [-0.2, 0) is 4.79 Å². The van der Waals surface area contributed by atoms with Crippen molar-refractivity contribution < 1.29 is 18.0 Å². The lowest BCUT2D eigenvalue weighted by atomic mass is 10.0. The molecule has 3 aliphatic heterocycles.